The standard InChI is InChI=1S/C11H16FNO2/c1-14-11(15-2,7-8-13)9-3-5-10(12)6-4-9/h3-6H,7-8,13H2,1-2H3. The number of nitrogens with two attached hydrogens (primary N) is 1. The molecule has 1 aromatic rings. The Morgan fingerprint density at radius 1 is 1.20 bits per heavy atom. The van der Waals surface area contributed by atoms with Crippen molar-refractivity contribution in [1.82, 2.24) is 0 Å². The maximum atomic E-state index is 12.8. The Morgan fingerprint density at radius 3 is 2.13 bits per heavy atom. The zero-order valence-corrected chi connectivity index (χ0v) is 9.00. The quantitative estimate of drug-likeness (QED) is 0.756. The Kier molecular flexibility index (Phi) is 4.20. The van der Waals surface area contributed by atoms with Crippen LogP contribution < -0.4 is 5.73 Å². The van der Waals surface area contributed by atoms with Gasteiger partial charge in [0.05, 0.1) is 0 Å². The summed E-state index contributed by atoms with van der Waals surface area (Å²) in [5.41, 5.74) is 6.26. The number of halogens is 1. The van der Waals surface area contributed by atoms with Crippen molar-refractivity contribution >= 4 is 0 Å². The summed E-state index contributed by atoms with van der Waals surface area (Å²) >= 11 is 0. The zero-order chi connectivity index (χ0) is 11.3. The molecule has 0 unspecified atom stereocenters. The van der Waals surface area contributed by atoms with Crippen molar-refractivity contribution < 1.29 is 13.9 Å². The van der Waals surface area contributed by atoms with Crippen LogP contribution in [0.3, 0.4) is 0 Å². The van der Waals surface area contributed by atoms with Gasteiger partial charge in [-0.15, -0.1) is 0 Å². The van der Waals surface area contributed by atoms with Gasteiger partial charge in [-0.1, -0.05) is 12.1 Å². The molecule has 0 amide bonds. The van der Waals surface area contributed by atoms with Crippen LogP contribution in [0, 0.1) is 5.82 Å². The van der Waals surface area contributed by atoms with Crippen LogP contribution in [-0.4, -0.2) is 20.8 Å². The molecule has 0 aromatic heterocycles. The first-order valence-electron chi connectivity index (χ1n) is 4.75. The predicted octanol–water partition coefficient (Wildman–Crippen LogP) is 1.62. The first kappa shape index (κ1) is 12.1. The van der Waals surface area contributed by atoms with Gasteiger partial charge in [0.1, 0.15) is 5.82 Å². The second kappa shape index (κ2) is 5.21. The van der Waals surface area contributed by atoms with Crippen molar-refractivity contribution in [2.24, 2.45) is 5.73 Å². The molecule has 1 aromatic carbocycles. The van der Waals surface area contributed by atoms with Gasteiger partial charge in [0.25, 0.3) is 0 Å². The van der Waals surface area contributed by atoms with Crippen LogP contribution in [0.5, 0.6) is 0 Å². The van der Waals surface area contributed by atoms with Crippen LogP contribution in [0.15, 0.2) is 24.3 Å². The number of ether oxygens (including phenoxy) is 2. The maximum absolute atomic E-state index is 12.8. The molecule has 0 saturated heterocycles. The molecule has 0 aliphatic rings. The van der Waals surface area contributed by atoms with E-state index < -0.39 is 5.79 Å². The largest absolute Gasteiger partial charge is 0.349 e. The third-order valence-corrected chi connectivity index (χ3v) is 2.42. The van der Waals surface area contributed by atoms with E-state index in [0.717, 1.165) is 5.56 Å². The molecule has 2 N–H and O–H groups in total. The Morgan fingerprint density at radius 2 is 1.73 bits per heavy atom. The fraction of sp³-hybridized carbons (Fsp3) is 0.455. The topological polar surface area (TPSA) is 44.5 Å². The molecular weight excluding hydrogens is 197 g/mol. The summed E-state index contributed by atoms with van der Waals surface area (Å²) in [6, 6.07) is 6.02. The minimum Gasteiger partial charge on any atom is -0.349 e. The number of rotatable bonds is 5. The van der Waals surface area contributed by atoms with Gasteiger partial charge in [-0.3, -0.25) is 0 Å². The zero-order valence-electron chi connectivity index (χ0n) is 9.00. The molecule has 15 heavy (non-hydrogen) atoms. The van der Waals surface area contributed by atoms with Crippen LogP contribution >= 0.6 is 0 Å². The highest BCUT2D eigenvalue weighted by atomic mass is 19.1. The Labute approximate surface area is 89.0 Å². The fourth-order valence-corrected chi connectivity index (χ4v) is 1.56. The first-order valence-corrected chi connectivity index (χ1v) is 4.75. The van der Waals surface area contributed by atoms with E-state index in [1.165, 1.54) is 12.1 Å². The predicted molar refractivity (Wildman–Crippen MR) is 55.8 cm³/mol. The molecule has 0 saturated carbocycles. The van der Waals surface area contributed by atoms with Crippen LogP contribution in [0.4, 0.5) is 4.39 Å². The first-order chi connectivity index (χ1) is 7.18. The van der Waals surface area contributed by atoms with Crippen LogP contribution in [-0.2, 0) is 15.3 Å². The van der Waals surface area contributed by atoms with E-state index in [9.17, 15) is 4.39 Å². The molecule has 0 radical (unpaired) electrons. The van der Waals surface area contributed by atoms with Gasteiger partial charge in [0.15, 0.2) is 5.79 Å². The molecule has 0 aliphatic heterocycles. The van der Waals surface area contributed by atoms with Crippen molar-refractivity contribution in [3.05, 3.63) is 35.6 Å². The van der Waals surface area contributed by atoms with E-state index in [1.54, 1.807) is 26.4 Å². The summed E-state index contributed by atoms with van der Waals surface area (Å²) in [4.78, 5) is 0. The molecule has 0 spiro atoms. The molecule has 1 rings (SSSR count). The number of hydrogen-bond donors (Lipinski definition) is 1. The summed E-state index contributed by atoms with van der Waals surface area (Å²) in [6.07, 6.45) is 0.519. The van der Waals surface area contributed by atoms with E-state index in [0.29, 0.717) is 13.0 Å². The van der Waals surface area contributed by atoms with Gasteiger partial charge in [-0.2, -0.15) is 0 Å². The lowest BCUT2D eigenvalue weighted by Gasteiger charge is -2.30. The van der Waals surface area contributed by atoms with E-state index in [1.807, 2.05) is 0 Å². The highest BCUT2D eigenvalue weighted by Gasteiger charge is 2.30. The summed E-state index contributed by atoms with van der Waals surface area (Å²) in [7, 11) is 3.09. The molecule has 0 fully saturated rings. The maximum Gasteiger partial charge on any atom is 0.195 e. The molecular formula is C11H16FNO2. The SMILES string of the molecule is COC(CCN)(OC)c1ccc(F)cc1. The molecule has 0 aliphatic carbocycles. The van der Waals surface area contributed by atoms with Crippen molar-refractivity contribution in [2.45, 2.75) is 12.2 Å². The number of benzene rings is 1. The monoisotopic (exact) mass is 213 g/mol. The lowest BCUT2D eigenvalue weighted by Crippen LogP contribution is -2.33. The van der Waals surface area contributed by atoms with Gasteiger partial charge < -0.3 is 15.2 Å². The van der Waals surface area contributed by atoms with E-state index in [4.69, 9.17) is 15.2 Å². The second-order valence-corrected chi connectivity index (χ2v) is 3.21. The lowest BCUT2D eigenvalue weighted by molar-refractivity contribution is -0.218. The van der Waals surface area contributed by atoms with Crippen molar-refractivity contribution in [3.8, 4) is 0 Å². The van der Waals surface area contributed by atoms with Gasteiger partial charge in [0.2, 0.25) is 0 Å². The minimum atomic E-state index is -0.873. The van der Waals surface area contributed by atoms with E-state index in [2.05, 4.69) is 0 Å². The average molecular weight is 213 g/mol. The van der Waals surface area contributed by atoms with Crippen molar-refractivity contribution in [1.29, 1.82) is 0 Å². The molecule has 0 bridgehead atoms. The third kappa shape index (κ3) is 2.53. The van der Waals surface area contributed by atoms with Gasteiger partial charge in [-0.05, 0) is 18.7 Å². The summed E-state index contributed by atoms with van der Waals surface area (Å²) < 4.78 is 23.4. The van der Waals surface area contributed by atoms with Crippen molar-refractivity contribution in [3.63, 3.8) is 0 Å². The van der Waals surface area contributed by atoms with Gasteiger partial charge in [-0.25, -0.2) is 4.39 Å². The van der Waals surface area contributed by atoms with E-state index in [-0.39, 0.29) is 5.82 Å². The smallest absolute Gasteiger partial charge is 0.195 e. The second-order valence-electron chi connectivity index (χ2n) is 3.21. The van der Waals surface area contributed by atoms with Gasteiger partial charge >= 0.3 is 0 Å². The van der Waals surface area contributed by atoms with Crippen LogP contribution in [0.2, 0.25) is 0 Å². The Bertz CT molecular complexity index is 296. The van der Waals surface area contributed by atoms with Crippen LogP contribution in [0.25, 0.3) is 0 Å². The van der Waals surface area contributed by atoms with Gasteiger partial charge in [0, 0.05) is 26.2 Å². The fourth-order valence-electron chi connectivity index (χ4n) is 1.56. The molecule has 0 atom stereocenters. The number of methoxy groups -OCH3 is 2. The summed E-state index contributed by atoms with van der Waals surface area (Å²) in [5.74, 6) is -1.16. The third-order valence-electron chi connectivity index (χ3n) is 2.42. The number of hydrogen-bond acceptors (Lipinski definition) is 3. The average Bonchev–Trinajstić information content (AvgIpc) is 2.27. The molecule has 84 valence electrons. The summed E-state index contributed by atoms with van der Waals surface area (Å²) in [5, 5.41) is 0. The molecule has 0 heterocycles. The lowest BCUT2D eigenvalue weighted by atomic mass is 10.0. The minimum absolute atomic E-state index is 0.285. The van der Waals surface area contributed by atoms with Crippen molar-refractivity contribution in [2.75, 3.05) is 20.8 Å². The normalized spacial score (nSPS) is 11.7. The molecule has 4 heteroatoms. The summed E-state index contributed by atoms with van der Waals surface area (Å²) in [6.45, 7) is 0.430. The highest BCUT2D eigenvalue weighted by Crippen LogP contribution is 2.29. The highest BCUT2D eigenvalue weighted by molar-refractivity contribution is 5.21. The molecule has 3 nitrogen and oxygen atoms in total. The Hall–Kier alpha value is -0.970. The van der Waals surface area contributed by atoms with Crippen LogP contribution in [0.1, 0.15) is 12.0 Å². The Balaban J connectivity index is 3.02. The van der Waals surface area contributed by atoms with E-state index >= 15 is 0 Å².